The van der Waals surface area contributed by atoms with Gasteiger partial charge in [-0.05, 0) is 29.6 Å². The minimum absolute atomic E-state index is 0.655. The first kappa shape index (κ1) is 11.8. The van der Waals surface area contributed by atoms with Crippen molar-refractivity contribution in [2.75, 3.05) is 5.43 Å². The Hall–Kier alpha value is -2.02. The van der Waals surface area contributed by atoms with Crippen molar-refractivity contribution < 1.29 is 0 Å². The summed E-state index contributed by atoms with van der Waals surface area (Å²) in [6.45, 7) is 0. The van der Waals surface area contributed by atoms with Gasteiger partial charge >= 0.3 is 0 Å². The summed E-state index contributed by atoms with van der Waals surface area (Å²) in [5.74, 6) is 6.95. The van der Waals surface area contributed by atoms with E-state index in [-0.39, 0.29) is 0 Å². The number of hydrogen-bond donors (Lipinski definition) is 2. The molecule has 0 aliphatic heterocycles. The molecule has 1 aromatic carbocycles. The molecule has 4 rings (SSSR count). The minimum atomic E-state index is 0.655. The number of rotatable bonds is 2. The molecule has 0 aliphatic carbocycles. The van der Waals surface area contributed by atoms with Crippen molar-refractivity contribution in [2.45, 2.75) is 0 Å². The number of hydrogen-bond acceptors (Lipinski definition) is 6. The highest BCUT2D eigenvalue weighted by Gasteiger charge is 2.11. The van der Waals surface area contributed by atoms with Crippen LogP contribution in [-0.2, 0) is 0 Å². The van der Waals surface area contributed by atoms with Crippen molar-refractivity contribution in [3.05, 3.63) is 41.8 Å². The Morgan fingerprint density at radius 2 is 1.95 bits per heavy atom. The summed E-state index contributed by atoms with van der Waals surface area (Å²) in [5, 5.41) is 3.02. The number of para-hydroxylation sites is 1. The normalized spacial score (nSPS) is 11.2. The van der Waals surface area contributed by atoms with Gasteiger partial charge in [0.15, 0.2) is 11.6 Å². The van der Waals surface area contributed by atoms with E-state index < -0.39 is 0 Å². The average molecular weight is 298 g/mol. The lowest BCUT2D eigenvalue weighted by Gasteiger charge is -2.06. The van der Waals surface area contributed by atoms with Crippen LogP contribution in [0.2, 0.25) is 0 Å². The van der Waals surface area contributed by atoms with Crippen molar-refractivity contribution in [1.29, 1.82) is 0 Å². The fraction of sp³-hybridized carbons (Fsp3) is 0. The number of benzene rings is 1. The number of nitrogens with one attached hydrogen (secondary N) is 1. The number of hydrazine groups is 1. The second-order valence-corrected chi connectivity index (χ2v) is 6.35. The fourth-order valence-corrected chi connectivity index (χ4v) is 4.22. The molecule has 0 fully saturated rings. The molecular formula is C14H10N4S2. The Balaban J connectivity index is 1.97. The van der Waals surface area contributed by atoms with Crippen LogP contribution in [-0.4, -0.2) is 9.97 Å². The molecule has 98 valence electrons. The minimum Gasteiger partial charge on any atom is -0.308 e. The summed E-state index contributed by atoms with van der Waals surface area (Å²) < 4.78 is 2.54. The van der Waals surface area contributed by atoms with Crippen LogP contribution in [0.4, 0.5) is 5.82 Å². The maximum atomic E-state index is 5.58. The molecule has 0 radical (unpaired) electrons. The zero-order valence-electron chi connectivity index (χ0n) is 10.3. The van der Waals surface area contributed by atoms with Crippen molar-refractivity contribution >= 4 is 48.8 Å². The molecule has 0 amide bonds. The van der Waals surface area contributed by atoms with Gasteiger partial charge < -0.3 is 5.43 Å². The van der Waals surface area contributed by atoms with Crippen LogP contribution in [0.25, 0.3) is 31.0 Å². The predicted molar refractivity (Wildman–Crippen MR) is 86.0 cm³/mol. The van der Waals surface area contributed by atoms with E-state index >= 15 is 0 Å². The van der Waals surface area contributed by atoms with E-state index in [4.69, 9.17) is 5.84 Å². The smallest absolute Gasteiger partial charge is 0.172 e. The molecule has 3 aromatic heterocycles. The Morgan fingerprint density at radius 1 is 1.05 bits per heavy atom. The van der Waals surface area contributed by atoms with Crippen LogP contribution in [0.1, 0.15) is 0 Å². The van der Waals surface area contributed by atoms with E-state index in [2.05, 4.69) is 32.9 Å². The molecule has 0 spiro atoms. The third-order valence-electron chi connectivity index (χ3n) is 3.10. The summed E-state index contributed by atoms with van der Waals surface area (Å²) in [5.41, 5.74) is 3.55. The zero-order valence-corrected chi connectivity index (χ0v) is 12.0. The Labute approximate surface area is 122 Å². The Morgan fingerprint density at radius 3 is 2.80 bits per heavy atom. The first-order valence-electron chi connectivity index (χ1n) is 6.06. The number of anilines is 1. The van der Waals surface area contributed by atoms with Gasteiger partial charge in [0, 0.05) is 14.8 Å². The summed E-state index contributed by atoms with van der Waals surface area (Å²) in [6, 6.07) is 12.1. The van der Waals surface area contributed by atoms with Crippen LogP contribution in [0, 0.1) is 0 Å². The predicted octanol–water partition coefficient (Wildman–Crippen LogP) is 3.86. The second kappa shape index (κ2) is 4.52. The van der Waals surface area contributed by atoms with Crippen LogP contribution < -0.4 is 11.3 Å². The Kier molecular flexibility index (Phi) is 2.66. The van der Waals surface area contributed by atoms with E-state index in [1.165, 1.54) is 9.40 Å². The standard InChI is InChI=1S/C14H10N4S2/c15-18-13-8-3-1-2-4-9(8)16-14(17-13)12-7-11-10(20-12)5-6-19-11/h1-7H,15H2,(H,16,17,18). The summed E-state index contributed by atoms with van der Waals surface area (Å²) in [7, 11) is 0. The number of nitrogens with two attached hydrogens (primary N) is 1. The van der Waals surface area contributed by atoms with E-state index in [1.54, 1.807) is 22.7 Å². The lowest BCUT2D eigenvalue weighted by Crippen LogP contribution is -2.10. The van der Waals surface area contributed by atoms with Gasteiger partial charge in [0.25, 0.3) is 0 Å². The molecule has 0 aliphatic rings. The maximum absolute atomic E-state index is 5.58. The first-order valence-corrected chi connectivity index (χ1v) is 7.75. The lowest BCUT2D eigenvalue weighted by molar-refractivity contribution is 1.19. The zero-order chi connectivity index (χ0) is 13.5. The summed E-state index contributed by atoms with van der Waals surface area (Å²) >= 11 is 3.43. The fourth-order valence-electron chi connectivity index (χ4n) is 2.17. The van der Waals surface area contributed by atoms with Gasteiger partial charge in [-0.3, -0.25) is 0 Å². The maximum Gasteiger partial charge on any atom is 0.172 e. The Bertz CT molecular complexity index is 881. The third kappa shape index (κ3) is 1.77. The number of nitrogen functional groups attached to an aromatic ring is 1. The summed E-state index contributed by atoms with van der Waals surface area (Å²) in [4.78, 5) is 10.2. The average Bonchev–Trinajstić information content (AvgIpc) is 3.07. The largest absolute Gasteiger partial charge is 0.308 e. The SMILES string of the molecule is NNc1nc(-c2cc3sccc3s2)nc2ccccc12. The van der Waals surface area contributed by atoms with Gasteiger partial charge in [-0.15, -0.1) is 22.7 Å². The topological polar surface area (TPSA) is 63.8 Å². The molecule has 4 nitrogen and oxygen atoms in total. The van der Waals surface area contributed by atoms with Crippen molar-refractivity contribution in [3.8, 4) is 10.7 Å². The second-order valence-electron chi connectivity index (χ2n) is 4.32. The van der Waals surface area contributed by atoms with Crippen LogP contribution in [0.5, 0.6) is 0 Å². The molecule has 4 aromatic rings. The highest BCUT2D eigenvalue weighted by molar-refractivity contribution is 7.28. The molecule has 0 saturated carbocycles. The van der Waals surface area contributed by atoms with Crippen molar-refractivity contribution in [2.24, 2.45) is 5.84 Å². The highest BCUT2D eigenvalue weighted by Crippen LogP contribution is 2.36. The van der Waals surface area contributed by atoms with Crippen molar-refractivity contribution in [1.82, 2.24) is 9.97 Å². The summed E-state index contributed by atoms with van der Waals surface area (Å²) in [6.07, 6.45) is 0. The number of aromatic nitrogens is 2. The molecule has 0 saturated heterocycles. The van der Waals surface area contributed by atoms with Gasteiger partial charge in [0.05, 0.1) is 10.4 Å². The van der Waals surface area contributed by atoms with E-state index in [9.17, 15) is 0 Å². The van der Waals surface area contributed by atoms with Gasteiger partial charge in [0.1, 0.15) is 0 Å². The highest BCUT2D eigenvalue weighted by atomic mass is 32.1. The number of nitrogens with zero attached hydrogens (tertiary/aromatic N) is 2. The molecule has 3 heterocycles. The molecule has 3 N–H and O–H groups in total. The van der Waals surface area contributed by atoms with Crippen LogP contribution >= 0.6 is 22.7 Å². The van der Waals surface area contributed by atoms with Crippen LogP contribution in [0.3, 0.4) is 0 Å². The molecule has 0 atom stereocenters. The molecular weight excluding hydrogens is 288 g/mol. The van der Waals surface area contributed by atoms with Crippen LogP contribution in [0.15, 0.2) is 41.8 Å². The van der Waals surface area contributed by atoms with Gasteiger partial charge in [0.2, 0.25) is 0 Å². The van der Waals surface area contributed by atoms with E-state index in [0.29, 0.717) is 11.6 Å². The number of fused-ring (bicyclic) bond motifs is 2. The van der Waals surface area contributed by atoms with Gasteiger partial charge in [-0.2, -0.15) is 0 Å². The van der Waals surface area contributed by atoms with Gasteiger partial charge in [-0.1, -0.05) is 12.1 Å². The quantitative estimate of drug-likeness (QED) is 0.436. The van der Waals surface area contributed by atoms with Crippen molar-refractivity contribution in [3.63, 3.8) is 0 Å². The first-order chi connectivity index (χ1) is 9.85. The van der Waals surface area contributed by atoms with Gasteiger partial charge in [-0.25, -0.2) is 15.8 Å². The lowest BCUT2D eigenvalue weighted by atomic mass is 10.2. The van der Waals surface area contributed by atoms with E-state index in [1.807, 2.05) is 24.3 Å². The molecule has 6 heteroatoms. The number of thiophene rings is 2. The molecule has 20 heavy (non-hydrogen) atoms. The molecule has 0 bridgehead atoms. The monoisotopic (exact) mass is 298 g/mol. The van der Waals surface area contributed by atoms with E-state index in [0.717, 1.165) is 15.8 Å². The molecule has 0 unspecified atom stereocenters. The third-order valence-corrected chi connectivity index (χ3v) is 5.19.